The summed E-state index contributed by atoms with van der Waals surface area (Å²) in [5.74, 6) is 0.714. The highest BCUT2D eigenvalue weighted by atomic mass is 16.5. The summed E-state index contributed by atoms with van der Waals surface area (Å²) in [5.41, 5.74) is 3.36. The van der Waals surface area contributed by atoms with Crippen LogP contribution in [0.5, 0.6) is 5.88 Å². The van der Waals surface area contributed by atoms with Crippen LogP contribution >= 0.6 is 0 Å². The fraction of sp³-hybridized carbons (Fsp3) is 0.375. The average Bonchev–Trinajstić information content (AvgIpc) is 2.98. The molecular weight excluding hydrogens is 346 g/mol. The summed E-state index contributed by atoms with van der Waals surface area (Å²) in [4.78, 5) is 2.57. The molecule has 4 heteroatoms. The first-order valence-corrected chi connectivity index (χ1v) is 10.4. The van der Waals surface area contributed by atoms with Crippen LogP contribution in [0.15, 0.2) is 66.9 Å². The molecule has 0 spiro atoms. The molecule has 2 aromatic carbocycles. The van der Waals surface area contributed by atoms with Crippen molar-refractivity contribution in [1.82, 2.24) is 14.7 Å². The van der Waals surface area contributed by atoms with Crippen molar-refractivity contribution in [3.05, 3.63) is 72.4 Å². The van der Waals surface area contributed by atoms with E-state index in [1.54, 1.807) is 0 Å². The lowest BCUT2D eigenvalue weighted by Gasteiger charge is -2.19. The zero-order valence-electron chi connectivity index (χ0n) is 16.5. The number of hydrogen-bond acceptors (Lipinski definition) is 3. The maximum absolute atomic E-state index is 6.12. The monoisotopic (exact) mass is 375 g/mol. The van der Waals surface area contributed by atoms with Gasteiger partial charge in [-0.2, -0.15) is 0 Å². The lowest BCUT2D eigenvalue weighted by Crippen LogP contribution is -2.28. The third kappa shape index (κ3) is 5.02. The zero-order chi connectivity index (χ0) is 19.0. The van der Waals surface area contributed by atoms with Gasteiger partial charge in [0.1, 0.15) is 6.61 Å². The first kappa shape index (κ1) is 18.8. The molecule has 2 heterocycles. The van der Waals surface area contributed by atoms with Crippen LogP contribution in [0.2, 0.25) is 0 Å². The van der Waals surface area contributed by atoms with Crippen molar-refractivity contribution in [2.45, 2.75) is 38.8 Å². The highest BCUT2D eigenvalue weighted by Gasteiger charge is 2.14. The molecule has 1 saturated heterocycles. The van der Waals surface area contributed by atoms with Crippen LogP contribution in [0, 0.1) is 0 Å². The Morgan fingerprint density at radius 1 is 0.786 bits per heavy atom. The molecule has 1 fully saturated rings. The van der Waals surface area contributed by atoms with Crippen LogP contribution in [0.25, 0.3) is 11.1 Å². The SMILES string of the molecule is c1ccc(COc2nn(CCN3CCCCCC3)cc2-c2ccccc2)cc1. The molecule has 0 unspecified atom stereocenters. The molecule has 0 atom stereocenters. The minimum absolute atomic E-state index is 0.532. The highest BCUT2D eigenvalue weighted by Crippen LogP contribution is 2.29. The van der Waals surface area contributed by atoms with Crippen molar-refractivity contribution in [3.8, 4) is 17.0 Å². The van der Waals surface area contributed by atoms with Crippen LogP contribution in [0.1, 0.15) is 31.2 Å². The maximum atomic E-state index is 6.12. The van der Waals surface area contributed by atoms with E-state index in [-0.39, 0.29) is 0 Å². The van der Waals surface area contributed by atoms with Crippen molar-refractivity contribution in [2.75, 3.05) is 19.6 Å². The van der Waals surface area contributed by atoms with Gasteiger partial charge in [-0.1, -0.05) is 73.5 Å². The first-order chi connectivity index (χ1) is 13.9. The summed E-state index contributed by atoms with van der Waals surface area (Å²) in [6.45, 7) is 4.90. The number of benzene rings is 2. The lowest BCUT2D eigenvalue weighted by molar-refractivity contribution is 0.262. The minimum atomic E-state index is 0.532. The van der Waals surface area contributed by atoms with Crippen molar-refractivity contribution >= 4 is 0 Å². The van der Waals surface area contributed by atoms with Crippen molar-refractivity contribution in [1.29, 1.82) is 0 Å². The van der Waals surface area contributed by atoms with Gasteiger partial charge in [0.15, 0.2) is 0 Å². The van der Waals surface area contributed by atoms with Gasteiger partial charge < -0.3 is 9.64 Å². The van der Waals surface area contributed by atoms with E-state index in [0.717, 1.165) is 29.8 Å². The van der Waals surface area contributed by atoms with Gasteiger partial charge in [0.2, 0.25) is 5.88 Å². The van der Waals surface area contributed by atoms with E-state index in [9.17, 15) is 0 Å². The molecule has 1 aromatic heterocycles. The van der Waals surface area contributed by atoms with E-state index in [1.165, 1.54) is 38.8 Å². The molecule has 1 aliphatic heterocycles. The van der Waals surface area contributed by atoms with Gasteiger partial charge in [0.25, 0.3) is 0 Å². The van der Waals surface area contributed by atoms with Crippen molar-refractivity contribution < 1.29 is 4.74 Å². The maximum Gasteiger partial charge on any atom is 0.241 e. The van der Waals surface area contributed by atoms with Gasteiger partial charge in [-0.25, -0.2) is 0 Å². The number of hydrogen-bond donors (Lipinski definition) is 0. The standard InChI is InChI=1S/C24H29N3O/c1-2-10-16-26(15-9-1)17-18-27-19-23(22-13-7-4-8-14-22)24(25-27)28-20-21-11-5-3-6-12-21/h3-8,11-14,19H,1-2,9-10,15-18,20H2. The quantitative estimate of drug-likeness (QED) is 0.582. The molecule has 0 aliphatic carbocycles. The number of ether oxygens (including phenoxy) is 1. The lowest BCUT2D eigenvalue weighted by atomic mass is 10.1. The Hall–Kier alpha value is -2.59. The van der Waals surface area contributed by atoms with Crippen LogP contribution < -0.4 is 4.74 Å². The Balaban J connectivity index is 1.48. The number of nitrogens with zero attached hydrogens (tertiary/aromatic N) is 3. The van der Waals surface area contributed by atoms with Crippen LogP contribution in [-0.4, -0.2) is 34.3 Å². The van der Waals surface area contributed by atoms with Crippen LogP contribution in [0.4, 0.5) is 0 Å². The van der Waals surface area contributed by atoms with E-state index >= 15 is 0 Å². The zero-order valence-corrected chi connectivity index (χ0v) is 16.5. The van der Waals surface area contributed by atoms with Gasteiger partial charge in [-0.15, -0.1) is 5.10 Å². The molecule has 0 saturated carbocycles. The molecule has 3 aromatic rings. The smallest absolute Gasteiger partial charge is 0.241 e. The highest BCUT2D eigenvalue weighted by molar-refractivity contribution is 5.67. The summed E-state index contributed by atoms with van der Waals surface area (Å²) >= 11 is 0. The Kier molecular flexibility index (Phi) is 6.40. The van der Waals surface area contributed by atoms with Crippen LogP contribution in [-0.2, 0) is 13.2 Å². The minimum Gasteiger partial charge on any atom is -0.471 e. The topological polar surface area (TPSA) is 30.3 Å². The number of rotatable bonds is 7. The normalized spacial score (nSPS) is 15.3. The molecule has 0 amide bonds. The second kappa shape index (κ2) is 9.56. The van der Waals surface area contributed by atoms with Gasteiger partial charge in [0.05, 0.1) is 12.1 Å². The Labute approximate surface area is 167 Å². The summed E-state index contributed by atoms with van der Waals surface area (Å²) in [6.07, 6.45) is 7.51. The summed E-state index contributed by atoms with van der Waals surface area (Å²) < 4.78 is 8.17. The Morgan fingerprint density at radius 2 is 1.46 bits per heavy atom. The predicted octanol–water partition coefficient (Wildman–Crippen LogP) is 5.01. The van der Waals surface area contributed by atoms with Gasteiger partial charge >= 0.3 is 0 Å². The molecule has 4 nitrogen and oxygen atoms in total. The first-order valence-electron chi connectivity index (χ1n) is 10.4. The second-order valence-corrected chi connectivity index (χ2v) is 7.51. The van der Waals surface area contributed by atoms with Crippen LogP contribution in [0.3, 0.4) is 0 Å². The molecule has 28 heavy (non-hydrogen) atoms. The molecule has 0 radical (unpaired) electrons. The Morgan fingerprint density at radius 3 is 2.18 bits per heavy atom. The molecule has 1 aliphatic rings. The molecule has 0 bridgehead atoms. The molecule has 4 rings (SSSR count). The summed E-state index contributed by atoms with van der Waals surface area (Å²) in [5, 5.41) is 4.78. The molecular formula is C24H29N3O. The van der Waals surface area contributed by atoms with Gasteiger partial charge in [0, 0.05) is 12.7 Å². The van der Waals surface area contributed by atoms with E-state index in [4.69, 9.17) is 9.84 Å². The Bertz CT molecular complexity index is 837. The fourth-order valence-electron chi connectivity index (χ4n) is 3.77. The van der Waals surface area contributed by atoms with Crippen molar-refractivity contribution in [3.63, 3.8) is 0 Å². The fourth-order valence-corrected chi connectivity index (χ4v) is 3.77. The van der Waals surface area contributed by atoms with E-state index in [1.807, 2.05) is 28.9 Å². The number of likely N-dealkylation sites (tertiary alicyclic amines) is 1. The summed E-state index contributed by atoms with van der Waals surface area (Å²) in [7, 11) is 0. The molecule has 0 N–H and O–H groups in total. The van der Waals surface area contributed by atoms with Gasteiger partial charge in [-0.05, 0) is 37.1 Å². The second-order valence-electron chi connectivity index (χ2n) is 7.51. The third-order valence-electron chi connectivity index (χ3n) is 5.37. The average molecular weight is 376 g/mol. The largest absolute Gasteiger partial charge is 0.471 e. The van der Waals surface area contributed by atoms with Crippen molar-refractivity contribution in [2.24, 2.45) is 0 Å². The predicted molar refractivity (Wildman–Crippen MR) is 113 cm³/mol. The van der Waals surface area contributed by atoms with E-state index < -0.39 is 0 Å². The van der Waals surface area contributed by atoms with Gasteiger partial charge in [-0.3, -0.25) is 4.68 Å². The molecule has 146 valence electrons. The third-order valence-corrected chi connectivity index (χ3v) is 5.37. The summed E-state index contributed by atoms with van der Waals surface area (Å²) in [6, 6.07) is 20.7. The number of aromatic nitrogens is 2. The van der Waals surface area contributed by atoms with E-state index in [2.05, 4.69) is 47.5 Å². The van der Waals surface area contributed by atoms with E-state index in [0.29, 0.717) is 12.5 Å².